The summed E-state index contributed by atoms with van der Waals surface area (Å²) in [7, 11) is 0. The van der Waals surface area contributed by atoms with E-state index in [1.165, 1.54) is 4.88 Å². The van der Waals surface area contributed by atoms with Gasteiger partial charge in [-0.05, 0) is 42.7 Å². The molecule has 1 aromatic rings. The molecule has 0 aromatic carbocycles. The fourth-order valence-corrected chi connectivity index (χ4v) is 2.97. The maximum absolute atomic E-state index is 10.1. The van der Waals surface area contributed by atoms with Crippen molar-refractivity contribution in [3.63, 3.8) is 0 Å². The van der Waals surface area contributed by atoms with E-state index in [1.807, 2.05) is 0 Å². The summed E-state index contributed by atoms with van der Waals surface area (Å²) in [6.45, 7) is 4.27. The molecule has 1 N–H and O–H groups in total. The van der Waals surface area contributed by atoms with E-state index in [4.69, 9.17) is 0 Å². The Hall–Kier alpha value is -0.340. The third-order valence-electron chi connectivity index (χ3n) is 2.73. The van der Waals surface area contributed by atoms with E-state index in [1.54, 1.807) is 11.3 Å². The van der Waals surface area contributed by atoms with Crippen molar-refractivity contribution in [1.29, 1.82) is 0 Å². The second kappa shape index (κ2) is 2.57. The first kappa shape index (κ1) is 8.27. The summed E-state index contributed by atoms with van der Waals surface area (Å²) in [5.74, 6) is 0.689. The highest BCUT2D eigenvalue weighted by atomic mass is 32.1. The number of rotatable bonds is 1. The highest BCUT2D eigenvalue weighted by Crippen LogP contribution is 2.47. The van der Waals surface area contributed by atoms with Gasteiger partial charge in [-0.2, -0.15) is 0 Å². The summed E-state index contributed by atoms with van der Waals surface area (Å²) < 4.78 is 0. The topological polar surface area (TPSA) is 20.2 Å². The Bertz CT molecular complexity index is 284. The van der Waals surface area contributed by atoms with E-state index in [2.05, 4.69) is 25.3 Å². The number of aliphatic hydroxyl groups is 1. The van der Waals surface area contributed by atoms with Gasteiger partial charge in [-0.1, -0.05) is 6.92 Å². The molecule has 0 aliphatic heterocycles. The zero-order valence-corrected chi connectivity index (χ0v) is 8.32. The van der Waals surface area contributed by atoms with Crippen LogP contribution in [0.5, 0.6) is 0 Å². The van der Waals surface area contributed by atoms with E-state index >= 15 is 0 Å². The van der Waals surface area contributed by atoms with Gasteiger partial charge in [0, 0.05) is 4.88 Å². The van der Waals surface area contributed by atoms with Gasteiger partial charge in [-0.3, -0.25) is 0 Å². The van der Waals surface area contributed by atoms with Crippen molar-refractivity contribution in [2.45, 2.75) is 32.3 Å². The van der Waals surface area contributed by atoms with Crippen LogP contribution in [-0.2, 0) is 5.60 Å². The molecule has 1 saturated carbocycles. The molecule has 12 heavy (non-hydrogen) atoms. The monoisotopic (exact) mass is 182 g/mol. The molecule has 1 fully saturated rings. The lowest BCUT2D eigenvalue weighted by molar-refractivity contribution is -0.0739. The fraction of sp³-hybridized carbons (Fsp3) is 0.600. The molecular formula is C10H14OS. The first-order valence-corrected chi connectivity index (χ1v) is 5.27. The van der Waals surface area contributed by atoms with Crippen LogP contribution in [0.3, 0.4) is 0 Å². The van der Waals surface area contributed by atoms with Crippen molar-refractivity contribution in [3.05, 3.63) is 21.9 Å². The minimum atomic E-state index is -0.483. The first-order valence-electron chi connectivity index (χ1n) is 4.39. The van der Waals surface area contributed by atoms with Crippen LogP contribution >= 0.6 is 11.3 Å². The molecule has 2 heteroatoms. The average Bonchev–Trinajstić information content (AvgIpc) is 2.32. The lowest BCUT2D eigenvalue weighted by Gasteiger charge is -2.42. The van der Waals surface area contributed by atoms with Gasteiger partial charge in [-0.25, -0.2) is 0 Å². The second-order valence-corrected chi connectivity index (χ2v) is 5.06. The van der Waals surface area contributed by atoms with Crippen LogP contribution in [0.4, 0.5) is 0 Å². The maximum Gasteiger partial charge on any atom is 0.0912 e. The zero-order valence-electron chi connectivity index (χ0n) is 7.50. The maximum atomic E-state index is 10.1. The number of thiophene rings is 1. The van der Waals surface area contributed by atoms with Crippen molar-refractivity contribution in [2.24, 2.45) is 5.92 Å². The number of hydrogen-bond acceptors (Lipinski definition) is 2. The van der Waals surface area contributed by atoms with Crippen LogP contribution in [0.1, 0.15) is 30.2 Å². The second-order valence-electron chi connectivity index (χ2n) is 3.94. The third-order valence-corrected chi connectivity index (χ3v) is 3.58. The Morgan fingerprint density at radius 1 is 1.58 bits per heavy atom. The van der Waals surface area contributed by atoms with Crippen LogP contribution < -0.4 is 0 Å². The molecule has 1 aromatic heterocycles. The predicted molar refractivity (Wildman–Crippen MR) is 51.4 cm³/mol. The molecule has 2 rings (SSSR count). The van der Waals surface area contributed by atoms with Gasteiger partial charge < -0.3 is 5.11 Å². The Labute approximate surface area is 77.0 Å². The van der Waals surface area contributed by atoms with Crippen molar-refractivity contribution in [3.8, 4) is 0 Å². The smallest absolute Gasteiger partial charge is 0.0912 e. The molecule has 0 atom stereocenters. The van der Waals surface area contributed by atoms with Gasteiger partial charge in [-0.15, -0.1) is 11.3 Å². The van der Waals surface area contributed by atoms with Crippen LogP contribution in [0.15, 0.2) is 11.4 Å². The molecular weight excluding hydrogens is 168 g/mol. The Kier molecular flexibility index (Phi) is 1.77. The van der Waals surface area contributed by atoms with Crippen molar-refractivity contribution in [1.82, 2.24) is 0 Å². The van der Waals surface area contributed by atoms with E-state index in [0.717, 1.165) is 18.4 Å². The largest absolute Gasteiger partial charge is 0.385 e. The molecule has 0 bridgehead atoms. The van der Waals surface area contributed by atoms with Gasteiger partial charge in [0.25, 0.3) is 0 Å². The molecule has 0 radical (unpaired) electrons. The van der Waals surface area contributed by atoms with Crippen LogP contribution in [0.2, 0.25) is 0 Å². The highest BCUT2D eigenvalue weighted by molar-refractivity contribution is 7.10. The molecule has 1 nitrogen and oxygen atoms in total. The third kappa shape index (κ3) is 1.10. The van der Waals surface area contributed by atoms with E-state index < -0.39 is 5.60 Å². The first-order chi connectivity index (χ1) is 5.62. The highest BCUT2D eigenvalue weighted by Gasteiger charge is 2.42. The van der Waals surface area contributed by atoms with Gasteiger partial charge in [0.1, 0.15) is 0 Å². The van der Waals surface area contributed by atoms with Crippen LogP contribution in [0, 0.1) is 12.8 Å². The van der Waals surface area contributed by atoms with E-state index in [9.17, 15) is 5.11 Å². The normalized spacial score (nSPS) is 34.8. The molecule has 1 aliphatic carbocycles. The minimum absolute atomic E-state index is 0.483. The van der Waals surface area contributed by atoms with Gasteiger partial charge in [0.05, 0.1) is 5.60 Å². The number of hydrogen-bond donors (Lipinski definition) is 1. The van der Waals surface area contributed by atoms with Crippen molar-refractivity contribution < 1.29 is 5.11 Å². The standard InChI is InChI=1S/C10H14OS/c1-7-5-10(11,6-7)9-3-4-12-8(9)2/h3-4,7,11H,5-6H2,1-2H3. The summed E-state index contributed by atoms with van der Waals surface area (Å²) in [4.78, 5) is 1.27. The Morgan fingerprint density at radius 2 is 2.25 bits per heavy atom. The lowest BCUT2D eigenvalue weighted by Crippen LogP contribution is -2.39. The molecule has 0 amide bonds. The lowest BCUT2D eigenvalue weighted by atomic mass is 9.68. The predicted octanol–water partition coefficient (Wildman–Crippen LogP) is 2.67. The fourth-order valence-electron chi connectivity index (χ4n) is 2.18. The summed E-state index contributed by atoms with van der Waals surface area (Å²) >= 11 is 1.72. The van der Waals surface area contributed by atoms with Gasteiger partial charge in [0.15, 0.2) is 0 Å². The zero-order chi connectivity index (χ0) is 8.77. The summed E-state index contributed by atoms with van der Waals surface area (Å²) in [6, 6.07) is 2.06. The van der Waals surface area contributed by atoms with E-state index in [-0.39, 0.29) is 0 Å². The summed E-state index contributed by atoms with van der Waals surface area (Å²) in [5.41, 5.74) is 0.675. The Morgan fingerprint density at radius 3 is 2.67 bits per heavy atom. The molecule has 0 saturated heterocycles. The van der Waals surface area contributed by atoms with Gasteiger partial charge >= 0.3 is 0 Å². The molecule has 1 aliphatic rings. The summed E-state index contributed by atoms with van der Waals surface area (Å²) in [6.07, 6.45) is 1.87. The molecule has 66 valence electrons. The quantitative estimate of drug-likeness (QED) is 0.708. The average molecular weight is 182 g/mol. The molecule has 0 spiro atoms. The van der Waals surface area contributed by atoms with Crippen LogP contribution in [0.25, 0.3) is 0 Å². The molecule has 1 heterocycles. The van der Waals surface area contributed by atoms with E-state index in [0.29, 0.717) is 5.92 Å². The van der Waals surface area contributed by atoms with Crippen molar-refractivity contribution in [2.75, 3.05) is 0 Å². The Balaban J connectivity index is 2.26. The summed E-state index contributed by atoms with van der Waals surface area (Å²) in [5, 5.41) is 12.2. The van der Waals surface area contributed by atoms with Crippen molar-refractivity contribution >= 4 is 11.3 Å². The minimum Gasteiger partial charge on any atom is -0.385 e. The van der Waals surface area contributed by atoms with Crippen LogP contribution in [-0.4, -0.2) is 5.11 Å². The number of aryl methyl sites for hydroxylation is 1. The SMILES string of the molecule is Cc1sccc1C1(O)CC(C)C1. The molecule has 0 unspecified atom stereocenters. The van der Waals surface area contributed by atoms with Gasteiger partial charge in [0.2, 0.25) is 0 Å².